The van der Waals surface area contributed by atoms with Crippen molar-refractivity contribution < 1.29 is 0 Å². The molecule has 0 nitrogen and oxygen atoms in total. The number of benzene rings is 2. The highest BCUT2D eigenvalue weighted by molar-refractivity contribution is 7.34. The summed E-state index contributed by atoms with van der Waals surface area (Å²) in [4.78, 5) is 23.2. The Hall–Kier alpha value is -4.12. The van der Waals surface area contributed by atoms with Crippen molar-refractivity contribution in [3.05, 3.63) is 160 Å². The molecule has 0 saturated heterocycles. The standard InChI is InChI=1S/C32H22S6.C30H18S6/c1-13-5-21-25(33-13)11-27(35-21)23-9-17-7-19-16(4)30-20(15(3)29(19)31(17)37-23)8-18-10-24(38-32(18)30)28-12-26-22(36-28)6-14(2)34-26;1-13-3-21-25(31-13)11-27(33-21)23-9-17-5-15-8-20-16(7-19(15)29(17)35-23)6-18-10-24(36-30(18)20)28-12-26-22(34-28)4-14(2)32-26/h5-6,9-12H,7-8H2,1-4H3;3-4,7-12H,5-6H2,1-2H3. The van der Waals surface area contributed by atoms with Gasteiger partial charge in [0.2, 0.25) is 0 Å². The van der Waals surface area contributed by atoms with Crippen molar-refractivity contribution in [3.63, 3.8) is 0 Å². The summed E-state index contributed by atoms with van der Waals surface area (Å²) in [5.74, 6) is 0. The van der Waals surface area contributed by atoms with E-state index in [0.29, 0.717) is 0 Å². The van der Waals surface area contributed by atoms with Crippen LogP contribution in [0.5, 0.6) is 0 Å². The molecular weight excluding hydrogens is 1130 g/mol. The lowest BCUT2D eigenvalue weighted by molar-refractivity contribution is 1.17. The van der Waals surface area contributed by atoms with E-state index in [-0.39, 0.29) is 0 Å². The first kappa shape index (κ1) is 45.0. The second-order valence-electron chi connectivity index (χ2n) is 20.5. The molecule has 74 heavy (non-hydrogen) atoms. The van der Waals surface area contributed by atoms with Crippen molar-refractivity contribution in [1.29, 1.82) is 0 Å². The summed E-state index contributed by atoms with van der Waals surface area (Å²) in [5.41, 5.74) is 21.4. The minimum atomic E-state index is 1.07. The SMILES string of the molecule is Cc1cc2sc(-c3cc4c(s3)-c3c(C)c5c(c(C)c3C4)-c3sc(-c4cc6sc(C)cc6s4)cc3C5)cc2s1.Cc1cc2sc(-c3cc4c(s3)-c3cc5c(cc3C4)-c3sc(-c4cc6sc(C)cc6s4)cc3C5)cc2s1. The van der Waals surface area contributed by atoms with E-state index in [0.717, 1.165) is 25.7 Å². The van der Waals surface area contributed by atoms with Gasteiger partial charge in [-0.15, -0.1) is 136 Å². The van der Waals surface area contributed by atoms with Gasteiger partial charge in [-0.3, -0.25) is 0 Å². The van der Waals surface area contributed by atoms with Gasteiger partial charge in [0.05, 0.1) is 0 Å². The van der Waals surface area contributed by atoms with E-state index < -0.39 is 0 Å². The Kier molecular flexibility index (Phi) is 9.85. The van der Waals surface area contributed by atoms with Gasteiger partial charge in [-0.2, -0.15) is 0 Å². The Balaban J connectivity index is 0.000000122. The molecule has 0 N–H and O–H groups in total. The zero-order valence-electron chi connectivity index (χ0n) is 40.8. The van der Waals surface area contributed by atoms with Crippen LogP contribution in [0.15, 0.2) is 84.9 Å². The lowest BCUT2D eigenvalue weighted by atomic mass is 9.90. The van der Waals surface area contributed by atoms with E-state index in [1.165, 1.54) is 171 Å². The van der Waals surface area contributed by atoms with E-state index in [4.69, 9.17) is 0 Å². The molecule has 0 saturated carbocycles. The Labute approximate surface area is 476 Å². The predicted octanol–water partition coefficient (Wildman–Crippen LogP) is 23.5. The second kappa shape index (κ2) is 16.2. The van der Waals surface area contributed by atoms with Gasteiger partial charge in [0.15, 0.2) is 0 Å². The van der Waals surface area contributed by atoms with Crippen LogP contribution in [0.3, 0.4) is 0 Å². The number of fused-ring (bicyclic) bond motifs is 16. The minimum Gasteiger partial charge on any atom is -0.140 e. The molecular formula is C62H40S12. The molecule has 14 aromatic rings. The van der Waals surface area contributed by atoms with Crippen LogP contribution >= 0.6 is 136 Å². The predicted molar refractivity (Wildman–Crippen MR) is 341 cm³/mol. The van der Waals surface area contributed by atoms with Gasteiger partial charge in [0.1, 0.15) is 0 Å². The maximum atomic E-state index is 2.52. The molecule has 360 valence electrons. The number of rotatable bonds is 4. The Morgan fingerprint density at radius 1 is 0.243 bits per heavy atom. The lowest BCUT2D eigenvalue weighted by Gasteiger charge is -2.16. The zero-order chi connectivity index (χ0) is 49.2. The first-order chi connectivity index (χ1) is 36.0. The van der Waals surface area contributed by atoms with Crippen LogP contribution in [0.2, 0.25) is 0 Å². The van der Waals surface area contributed by atoms with Crippen molar-refractivity contribution in [2.24, 2.45) is 0 Å². The van der Waals surface area contributed by atoms with Gasteiger partial charge in [-0.1, -0.05) is 0 Å². The molecule has 4 aliphatic rings. The molecule has 4 aliphatic carbocycles. The zero-order valence-corrected chi connectivity index (χ0v) is 50.6. The molecule has 0 radical (unpaired) electrons. The first-order valence-electron chi connectivity index (χ1n) is 24.8. The van der Waals surface area contributed by atoms with Crippen molar-refractivity contribution in [1.82, 2.24) is 0 Å². The average molecular weight is 1170 g/mol. The molecule has 12 heteroatoms. The van der Waals surface area contributed by atoms with E-state index in [2.05, 4.69) is 126 Å². The molecule has 0 fully saturated rings. The second-order valence-corrected chi connectivity index (χ2v) is 34.2. The van der Waals surface area contributed by atoms with Crippen LogP contribution < -0.4 is 0 Å². The fourth-order valence-electron chi connectivity index (χ4n) is 12.3. The van der Waals surface area contributed by atoms with Crippen LogP contribution in [0, 0.1) is 41.5 Å². The molecule has 12 aromatic heterocycles. The van der Waals surface area contributed by atoms with E-state index in [9.17, 15) is 0 Å². The summed E-state index contributed by atoms with van der Waals surface area (Å²) in [6.07, 6.45) is 4.30. The third-order valence-electron chi connectivity index (χ3n) is 15.6. The van der Waals surface area contributed by atoms with Crippen molar-refractivity contribution in [2.75, 3.05) is 0 Å². The lowest BCUT2D eigenvalue weighted by Crippen LogP contribution is -1.97. The molecule has 12 heterocycles. The summed E-state index contributed by atoms with van der Waals surface area (Å²) < 4.78 is 11.5. The van der Waals surface area contributed by atoms with Crippen molar-refractivity contribution in [3.8, 4) is 80.8 Å². The third kappa shape index (κ3) is 6.76. The number of aryl methyl sites for hydroxylation is 4. The van der Waals surface area contributed by atoms with Crippen molar-refractivity contribution in [2.45, 2.75) is 67.2 Å². The molecule has 0 bridgehead atoms. The average Bonchev–Trinajstić information content (AvgIpc) is 4.14. The number of thiophene rings is 12. The van der Waals surface area contributed by atoms with E-state index >= 15 is 0 Å². The topological polar surface area (TPSA) is 0 Å². The maximum Gasteiger partial charge on any atom is 0.0463 e. The minimum absolute atomic E-state index is 1.07. The van der Waals surface area contributed by atoms with Crippen molar-refractivity contribution >= 4 is 174 Å². The number of hydrogen-bond donors (Lipinski definition) is 0. The van der Waals surface area contributed by atoms with Gasteiger partial charge < -0.3 is 0 Å². The molecule has 2 aromatic carbocycles. The normalized spacial score (nSPS) is 13.6. The Morgan fingerprint density at radius 2 is 0.514 bits per heavy atom. The fraction of sp³-hybridized carbons (Fsp3) is 0.161. The van der Waals surface area contributed by atoms with Gasteiger partial charge >= 0.3 is 0 Å². The van der Waals surface area contributed by atoms with Gasteiger partial charge in [-0.05, 0) is 230 Å². The quantitative estimate of drug-likeness (QED) is 0.165. The van der Waals surface area contributed by atoms with Crippen LogP contribution in [0.4, 0.5) is 0 Å². The molecule has 0 atom stereocenters. The van der Waals surface area contributed by atoms with Crippen LogP contribution in [-0.2, 0) is 25.7 Å². The highest BCUT2D eigenvalue weighted by Gasteiger charge is 2.35. The third-order valence-corrected chi connectivity index (χ3v) is 30.0. The summed E-state index contributed by atoms with van der Waals surface area (Å²) in [6, 6.07) is 33.9. The Morgan fingerprint density at radius 3 is 0.824 bits per heavy atom. The smallest absolute Gasteiger partial charge is 0.0463 e. The first-order valence-corrected chi connectivity index (χ1v) is 34.6. The highest BCUT2D eigenvalue weighted by atomic mass is 32.1. The summed E-state index contributed by atoms with van der Waals surface area (Å²) in [7, 11) is 0. The van der Waals surface area contributed by atoms with E-state index in [1.807, 2.05) is 136 Å². The summed E-state index contributed by atoms with van der Waals surface area (Å²) in [5, 5.41) is 0. The molecule has 0 unspecified atom stereocenters. The summed E-state index contributed by atoms with van der Waals surface area (Å²) >= 11 is 23.5. The van der Waals surface area contributed by atoms with Gasteiger partial charge in [0.25, 0.3) is 0 Å². The van der Waals surface area contributed by atoms with Gasteiger partial charge in [-0.25, -0.2) is 0 Å². The Bertz CT molecular complexity index is 4320. The van der Waals surface area contributed by atoms with Crippen LogP contribution in [-0.4, -0.2) is 0 Å². The molecule has 0 spiro atoms. The summed E-state index contributed by atoms with van der Waals surface area (Å²) in [6.45, 7) is 13.6. The molecule has 18 rings (SSSR count). The highest BCUT2D eigenvalue weighted by Crippen LogP contribution is 2.58. The molecule has 0 aliphatic heterocycles. The molecule has 0 amide bonds. The van der Waals surface area contributed by atoms with E-state index in [1.54, 1.807) is 22.3 Å². The van der Waals surface area contributed by atoms with Gasteiger partial charge in [0, 0.05) is 116 Å². The van der Waals surface area contributed by atoms with Crippen LogP contribution in [0.1, 0.15) is 75.1 Å². The monoisotopic (exact) mass is 1170 g/mol. The largest absolute Gasteiger partial charge is 0.140 e. The fourth-order valence-corrected chi connectivity index (χ4v) is 26.9. The number of hydrogen-bond acceptors (Lipinski definition) is 12. The maximum absolute atomic E-state index is 2.52. The van der Waals surface area contributed by atoms with Crippen LogP contribution in [0.25, 0.3) is 118 Å².